The number of hydrogen-bond donors (Lipinski definition) is 2. The first-order valence-electron chi connectivity index (χ1n) is 8.49. The van der Waals surface area contributed by atoms with E-state index in [1.807, 2.05) is 41.8 Å². The van der Waals surface area contributed by atoms with E-state index in [1.54, 1.807) is 37.4 Å². The Morgan fingerprint density at radius 1 is 1.00 bits per heavy atom. The molecule has 1 atom stereocenters. The Morgan fingerprint density at radius 3 is 2.37 bits per heavy atom. The van der Waals surface area contributed by atoms with Crippen LogP contribution in [0.4, 0.5) is 5.69 Å². The molecular formula is C21H20N2O3S. The van der Waals surface area contributed by atoms with Gasteiger partial charge in [0.05, 0.1) is 12.0 Å². The van der Waals surface area contributed by atoms with E-state index in [2.05, 4.69) is 10.6 Å². The summed E-state index contributed by atoms with van der Waals surface area (Å²) in [4.78, 5) is 25.8. The molecule has 0 saturated carbocycles. The Balaban J connectivity index is 1.74. The van der Waals surface area contributed by atoms with Gasteiger partial charge in [-0.15, -0.1) is 11.3 Å². The molecule has 0 aliphatic carbocycles. The third kappa shape index (κ3) is 5.18. The van der Waals surface area contributed by atoms with Crippen molar-refractivity contribution in [3.05, 3.63) is 82.6 Å². The van der Waals surface area contributed by atoms with E-state index in [0.717, 1.165) is 5.56 Å². The number of carbonyl (C=O) groups excluding carboxylic acids is 2. The predicted molar refractivity (Wildman–Crippen MR) is 107 cm³/mol. The highest BCUT2D eigenvalue weighted by molar-refractivity contribution is 7.12. The molecule has 138 valence electrons. The van der Waals surface area contributed by atoms with Crippen molar-refractivity contribution >= 4 is 28.8 Å². The van der Waals surface area contributed by atoms with Crippen LogP contribution < -0.4 is 15.4 Å². The molecule has 5 nitrogen and oxygen atoms in total. The summed E-state index contributed by atoms with van der Waals surface area (Å²) in [5, 5.41) is 7.54. The normalized spacial score (nSPS) is 11.4. The third-order valence-electron chi connectivity index (χ3n) is 4.01. The second kappa shape index (κ2) is 9.00. The SMILES string of the molecule is COc1ccc(NC(=O)[C@H](Cc2ccccc2)NC(=O)c2cccs2)cc1. The van der Waals surface area contributed by atoms with Gasteiger partial charge in [-0.25, -0.2) is 0 Å². The van der Waals surface area contributed by atoms with Crippen molar-refractivity contribution < 1.29 is 14.3 Å². The maximum Gasteiger partial charge on any atom is 0.262 e. The average molecular weight is 380 g/mol. The van der Waals surface area contributed by atoms with E-state index in [4.69, 9.17) is 4.74 Å². The molecule has 0 saturated heterocycles. The number of hydrogen-bond acceptors (Lipinski definition) is 4. The van der Waals surface area contributed by atoms with E-state index in [0.29, 0.717) is 22.7 Å². The van der Waals surface area contributed by atoms with E-state index in [1.165, 1.54) is 11.3 Å². The Kier molecular flexibility index (Phi) is 6.22. The van der Waals surface area contributed by atoms with Gasteiger partial charge in [0.25, 0.3) is 5.91 Å². The summed E-state index contributed by atoms with van der Waals surface area (Å²) in [5.74, 6) is 0.185. The van der Waals surface area contributed by atoms with Crippen LogP contribution in [0.2, 0.25) is 0 Å². The fraction of sp³-hybridized carbons (Fsp3) is 0.143. The summed E-state index contributed by atoms with van der Waals surface area (Å²) in [5.41, 5.74) is 1.61. The van der Waals surface area contributed by atoms with Gasteiger partial charge in [-0.1, -0.05) is 36.4 Å². The van der Waals surface area contributed by atoms with Crippen LogP contribution in [0.5, 0.6) is 5.75 Å². The third-order valence-corrected chi connectivity index (χ3v) is 4.88. The topological polar surface area (TPSA) is 67.4 Å². The first-order valence-corrected chi connectivity index (χ1v) is 9.37. The van der Waals surface area contributed by atoms with Crippen molar-refractivity contribution in [1.82, 2.24) is 5.32 Å². The van der Waals surface area contributed by atoms with Crippen molar-refractivity contribution in [2.24, 2.45) is 0 Å². The van der Waals surface area contributed by atoms with Crippen LogP contribution >= 0.6 is 11.3 Å². The van der Waals surface area contributed by atoms with Crippen LogP contribution in [-0.2, 0) is 11.2 Å². The van der Waals surface area contributed by atoms with Gasteiger partial charge in [0.2, 0.25) is 5.91 Å². The molecule has 0 bridgehead atoms. The maximum atomic E-state index is 12.8. The number of thiophene rings is 1. The molecule has 0 unspecified atom stereocenters. The van der Waals surface area contributed by atoms with Crippen LogP contribution in [0, 0.1) is 0 Å². The van der Waals surface area contributed by atoms with Gasteiger partial charge >= 0.3 is 0 Å². The molecule has 3 rings (SSSR count). The molecular weight excluding hydrogens is 360 g/mol. The van der Waals surface area contributed by atoms with Crippen LogP contribution in [0.3, 0.4) is 0 Å². The largest absolute Gasteiger partial charge is 0.497 e. The van der Waals surface area contributed by atoms with Gasteiger partial charge in [-0.05, 0) is 41.3 Å². The zero-order chi connectivity index (χ0) is 19.1. The molecule has 0 aliphatic heterocycles. The summed E-state index contributed by atoms with van der Waals surface area (Å²) in [6, 6.07) is 19.5. The number of carbonyl (C=O) groups is 2. The number of ether oxygens (including phenoxy) is 1. The predicted octanol–water partition coefficient (Wildman–Crippen LogP) is 3.74. The van der Waals surface area contributed by atoms with Crippen molar-refractivity contribution in [3.63, 3.8) is 0 Å². The highest BCUT2D eigenvalue weighted by Crippen LogP contribution is 2.16. The molecule has 2 amide bonds. The number of methoxy groups -OCH3 is 1. The molecule has 2 N–H and O–H groups in total. The zero-order valence-corrected chi connectivity index (χ0v) is 15.7. The quantitative estimate of drug-likeness (QED) is 0.656. The van der Waals surface area contributed by atoms with Crippen molar-refractivity contribution in [1.29, 1.82) is 0 Å². The summed E-state index contributed by atoms with van der Waals surface area (Å²) in [7, 11) is 1.59. The highest BCUT2D eigenvalue weighted by Gasteiger charge is 2.22. The monoisotopic (exact) mass is 380 g/mol. The summed E-state index contributed by atoms with van der Waals surface area (Å²) in [6.45, 7) is 0. The molecule has 0 fully saturated rings. The molecule has 27 heavy (non-hydrogen) atoms. The van der Waals surface area contributed by atoms with Gasteiger partial charge in [-0.3, -0.25) is 9.59 Å². The van der Waals surface area contributed by atoms with Crippen LogP contribution in [0.15, 0.2) is 72.1 Å². The van der Waals surface area contributed by atoms with Crippen LogP contribution in [0.25, 0.3) is 0 Å². The molecule has 0 radical (unpaired) electrons. The number of amides is 2. The average Bonchev–Trinajstić information content (AvgIpc) is 3.24. The number of rotatable bonds is 7. The minimum absolute atomic E-state index is 0.254. The summed E-state index contributed by atoms with van der Waals surface area (Å²) >= 11 is 1.34. The minimum Gasteiger partial charge on any atom is -0.497 e. The fourth-order valence-corrected chi connectivity index (χ4v) is 3.23. The minimum atomic E-state index is -0.691. The van der Waals surface area contributed by atoms with Crippen LogP contribution in [0.1, 0.15) is 15.2 Å². The molecule has 3 aromatic rings. The zero-order valence-electron chi connectivity index (χ0n) is 14.8. The van der Waals surface area contributed by atoms with E-state index in [-0.39, 0.29) is 11.8 Å². The van der Waals surface area contributed by atoms with E-state index >= 15 is 0 Å². The molecule has 6 heteroatoms. The van der Waals surface area contributed by atoms with E-state index < -0.39 is 6.04 Å². The summed E-state index contributed by atoms with van der Waals surface area (Å²) in [6.07, 6.45) is 0.403. The summed E-state index contributed by atoms with van der Waals surface area (Å²) < 4.78 is 5.13. The molecule has 0 spiro atoms. The fourth-order valence-electron chi connectivity index (χ4n) is 2.60. The van der Waals surface area contributed by atoms with E-state index in [9.17, 15) is 9.59 Å². The highest BCUT2D eigenvalue weighted by atomic mass is 32.1. The molecule has 2 aromatic carbocycles. The number of benzene rings is 2. The van der Waals surface area contributed by atoms with Crippen molar-refractivity contribution in [3.8, 4) is 5.75 Å². The maximum absolute atomic E-state index is 12.8. The van der Waals surface area contributed by atoms with Gasteiger partial charge < -0.3 is 15.4 Å². The Morgan fingerprint density at radius 2 is 1.74 bits per heavy atom. The Labute approximate surface area is 162 Å². The standard InChI is InChI=1S/C21H20N2O3S/c1-26-17-11-9-16(10-12-17)22-20(24)18(14-15-6-3-2-4-7-15)23-21(25)19-8-5-13-27-19/h2-13,18H,14H2,1H3,(H,22,24)(H,23,25)/t18-/m0/s1. The van der Waals surface area contributed by atoms with Gasteiger partial charge in [0.15, 0.2) is 0 Å². The van der Waals surface area contributed by atoms with Crippen molar-refractivity contribution in [2.75, 3.05) is 12.4 Å². The van der Waals surface area contributed by atoms with Crippen LogP contribution in [-0.4, -0.2) is 25.0 Å². The first kappa shape index (κ1) is 18.7. The number of nitrogens with one attached hydrogen (secondary N) is 2. The molecule has 1 heterocycles. The van der Waals surface area contributed by atoms with Gasteiger partial charge in [-0.2, -0.15) is 0 Å². The Bertz CT molecular complexity index is 878. The van der Waals surface area contributed by atoms with Crippen molar-refractivity contribution in [2.45, 2.75) is 12.5 Å². The first-order chi connectivity index (χ1) is 13.2. The number of anilines is 1. The molecule has 0 aliphatic rings. The lowest BCUT2D eigenvalue weighted by Gasteiger charge is -2.18. The lowest BCUT2D eigenvalue weighted by Crippen LogP contribution is -2.45. The van der Waals surface area contributed by atoms with Gasteiger partial charge in [0.1, 0.15) is 11.8 Å². The second-order valence-electron chi connectivity index (χ2n) is 5.91. The lowest BCUT2D eigenvalue weighted by molar-refractivity contribution is -0.118. The second-order valence-corrected chi connectivity index (χ2v) is 6.86. The molecule has 1 aromatic heterocycles. The Hall–Kier alpha value is -3.12. The smallest absolute Gasteiger partial charge is 0.262 e. The van der Waals surface area contributed by atoms with Gasteiger partial charge in [0, 0.05) is 12.1 Å². The lowest BCUT2D eigenvalue weighted by atomic mass is 10.0.